The van der Waals surface area contributed by atoms with E-state index in [1.807, 2.05) is 12.1 Å². The maximum atomic E-state index is 13.9. The molecule has 0 bridgehead atoms. The van der Waals surface area contributed by atoms with Crippen LogP contribution in [0.2, 0.25) is 0 Å². The molecule has 30 heavy (non-hydrogen) atoms. The predicted octanol–water partition coefficient (Wildman–Crippen LogP) is 4.38. The average Bonchev–Trinajstić information content (AvgIpc) is 2.80. The quantitative estimate of drug-likeness (QED) is 0.543. The summed E-state index contributed by atoms with van der Waals surface area (Å²) in [7, 11) is 1.66. The normalized spacial score (nSPS) is 14.1. The first kappa shape index (κ1) is 20.4. The number of aromatic nitrogens is 2. The Morgan fingerprint density at radius 3 is 2.37 bits per heavy atom. The number of piperazine rings is 1. The predicted molar refractivity (Wildman–Crippen MR) is 115 cm³/mol. The molecule has 0 unspecified atom stereocenters. The number of halogens is 2. The Bertz CT molecular complexity index is 995. The molecule has 2 aromatic carbocycles. The van der Waals surface area contributed by atoms with E-state index < -0.39 is 11.6 Å². The molecule has 156 valence electrons. The van der Waals surface area contributed by atoms with E-state index in [0.717, 1.165) is 60.6 Å². The number of anilines is 2. The summed E-state index contributed by atoms with van der Waals surface area (Å²) in [4.78, 5) is 13.5. The average molecular weight is 429 g/mol. The SMILES string of the molecule is COc1ccc(N2CCN(c3nccnc3SCc3cc(F)ccc3F)CC2)cc1. The first-order valence-electron chi connectivity index (χ1n) is 9.66. The van der Waals surface area contributed by atoms with Crippen LogP contribution >= 0.6 is 11.8 Å². The fourth-order valence-corrected chi connectivity index (χ4v) is 4.37. The van der Waals surface area contributed by atoms with Gasteiger partial charge in [-0.15, -0.1) is 0 Å². The summed E-state index contributed by atoms with van der Waals surface area (Å²) >= 11 is 1.37. The molecule has 3 aromatic rings. The van der Waals surface area contributed by atoms with Crippen LogP contribution in [0.1, 0.15) is 5.56 Å². The molecule has 0 N–H and O–H groups in total. The summed E-state index contributed by atoms with van der Waals surface area (Å²) < 4.78 is 32.6. The number of benzene rings is 2. The fraction of sp³-hybridized carbons (Fsp3) is 0.273. The Kier molecular flexibility index (Phi) is 6.32. The minimum Gasteiger partial charge on any atom is -0.497 e. The van der Waals surface area contributed by atoms with Gasteiger partial charge in [0, 0.05) is 55.6 Å². The fourth-order valence-electron chi connectivity index (χ4n) is 3.41. The van der Waals surface area contributed by atoms with Gasteiger partial charge >= 0.3 is 0 Å². The van der Waals surface area contributed by atoms with Gasteiger partial charge in [0.15, 0.2) is 5.82 Å². The number of hydrogen-bond acceptors (Lipinski definition) is 6. The van der Waals surface area contributed by atoms with Gasteiger partial charge in [0.2, 0.25) is 0 Å². The van der Waals surface area contributed by atoms with E-state index in [4.69, 9.17) is 4.74 Å². The van der Waals surface area contributed by atoms with E-state index in [0.29, 0.717) is 11.3 Å². The van der Waals surface area contributed by atoms with Crippen molar-refractivity contribution in [2.45, 2.75) is 10.8 Å². The number of nitrogens with zero attached hydrogens (tertiary/aromatic N) is 4. The number of rotatable bonds is 6. The van der Waals surface area contributed by atoms with Crippen LogP contribution in [0, 0.1) is 11.6 Å². The zero-order valence-electron chi connectivity index (χ0n) is 16.6. The molecule has 1 fully saturated rings. The van der Waals surface area contributed by atoms with Crippen LogP contribution in [-0.4, -0.2) is 43.3 Å². The van der Waals surface area contributed by atoms with Gasteiger partial charge < -0.3 is 14.5 Å². The van der Waals surface area contributed by atoms with Gasteiger partial charge in [0.25, 0.3) is 0 Å². The van der Waals surface area contributed by atoms with Crippen molar-refractivity contribution in [1.82, 2.24) is 9.97 Å². The minimum atomic E-state index is -0.443. The monoisotopic (exact) mass is 428 g/mol. The molecule has 0 spiro atoms. The second-order valence-electron chi connectivity index (χ2n) is 6.88. The van der Waals surface area contributed by atoms with Crippen LogP contribution < -0.4 is 14.5 Å². The van der Waals surface area contributed by atoms with Gasteiger partial charge in [-0.05, 0) is 42.5 Å². The number of methoxy groups -OCH3 is 1. The highest BCUT2D eigenvalue weighted by Crippen LogP contribution is 2.30. The second kappa shape index (κ2) is 9.30. The van der Waals surface area contributed by atoms with Gasteiger partial charge in [-0.25, -0.2) is 18.7 Å². The lowest BCUT2D eigenvalue weighted by molar-refractivity contribution is 0.415. The maximum absolute atomic E-state index is 13.9. The first-order valence-corrected chi connectivity index (χ1v) is 10.6. The van der Waals surface area contributed by atoms with E-state index in [-0.39, 0.29) is 0 Å². The highest BCUT2D eigenvalue weighted by Gasteiger charge is 2.21. The van der Waals surface area contributed by atoms with Crippen LogP contribution in [0.4, 0.5) is 20.3 Å². The zero-order chi connectivity index (χ0) is 20.9. The summed E-state index contributed by atoms with van der Waals surface area (Å²) in [6, 6.07) is 11.6. The molecule has 0 saturated carbocycles. The third-order valence-electron chi connectivity index (χ3n) is 5.04. The number of thioether (sulfide) groups is 1. The molecule has 5 nitrogen and oxygen atoms in total. The van der Waals surface area contributed by atoms with Crippen LogP contribution in [-0.2, 0) is 5.75 Å². The third kappa shape index (κ3) is 4.64. The first-order chi connectivity index (χ1) is 14.6. The Hall–Kier alpha value is -2.87. The molecule has 1 saturated heterocycles. The largest absolute Gasteiger partial charge is 0.497 e. The lowest BCUT2D eigenvalue weighted by Gasteiger charge is -2.37. The van der Waals surface area contributed by atoms with Gasteiger partial charge in [-0.1, -0.05) is 11.8 Å². The van der Waals surface area contributed by atoms with Crippen molar-refractivity contribution in [3.8, 4) is 5.75 Å². The summed E-state index contributed by atoms with van der Waals surface area (Å²) in [6.45, 7) is 3.30. The van der Waals surface area contributed by atoms with Crippen molar-refractivity contribution < 1.29 is 13.5 Å². The van der Waals surface area contributed by atoms with Crippen molar-refractivity contribution in [2.24, 2.45) is 0 Å². The van der Waals surface area contributed by atoms with Crippen LogP contribution in [0.15, 0.2) is 59.9 Å². The Balaban J connectivity index is 1.42. The van der Waals surface area contributed by atoms with Crippen LogP contribution in [0.25, 0.3) is 0 Å². The minimum absolute atomic E-state index is 0.293. The van der Waals surface area contributed by atoms with E-state index in [9.17, 15) is 8.78 Å². The second-order valence-corrected chi connectivity index (χ2v) is 7.85. The van der Waals surface area contributed by atoms with Gasteiger partial charge in [-0.3, -0.25) is 0 Å². The molecule has 8 heteroatoms. The molecular formula is C22H22F2N4OS. The Labute approximate surface area is 178 Å². The number of hydrogen-bond donors (Lipinski definition) is 0. The molecule has 0 aliphatic carbocycles. The van der Waals surface area contributed by atoms with Crippen molar-refractivity contribution >= 4 is 23.3 Å². The van der Waals surface area contributed by atoms with Crippen molar-refractivity contribution in [3.63, 3.8) is 0 Å². The highest BCUT2D eigenvalue weighted by atomic mass is 32.2. The summed E-state index contributed by atoms with van der Waals surface area (Å²) in [6.07, 6.45) is 3.29. The molecule has 2 heterocycles. The van der Waals surface area contributed by atoms with Crippen molar-refractivity contribution in [3.05, 3.63) is 72.1 Å². The summed E-state index contributed by atoms with van der Waals surface area (Å²) in [5, 5.41) is 0.721. The molecule has 4 rings (SSSR count). The highest BCUT2D eigenvalue weighted by molar-refractivity contribution is 7.98. The van der Waals surface area contributed by atoms with Gasteiger partial charge in [0.05, 0.1) is 7.11 Å². The van der Waals surface area contributed by atoms with Gasteiger partial charge in [0.1, 0.15) is 22.4 Å². The molecule has 0 radical (unpaired) electrons. The Morgan fingerprint density at radius 1 is 0.933 bits per heavy atom. The van der Waals surface area contributed by atoms with E-state index >= 15 is 0 Å². The molecule has 1 aliphatic heterocycles. The topological polar surface area (TPSA) is 41.5 Å². The zero-order valence-corrected chi connectivity index (χ0v) is 17.4. The molecule has 0 amide bonds. The van der Waals surface area contributed by atoms with Crippen LogP contribution in [0.5, 0.6) is 5.75 Å². The summed E-state index contributed by atoms with van der Waals surface area (Å²) in [5.41, 5.74) is 1.48. The van der Waals surface area contributed by atoms with Crippen LogP contribution in [0.3, 0.4) is 0 Å². The van der Waals surface area contributed by atoms with E-state index in [2.05, 4.69) is 31.9 Å². The maximum Gasteiger partial charge on any atom is 0.161 e. The number of ether oxygens (including phenoxy) is 1. The lowest BCUT2D eigenvalue weighted by Crippen LogP contribution is -2.47. The van der Waals surface area contributed by atoms with Crippen molar-refractivity contribution in [1.29, 1.82) is 0 Å². The molecule has 1 aromatic heterocycles. The van der Waals surface area contributed by atoms with E-state index in [1.54, 1.807) is 19.5 Å². The summed E-state index contributed by atoms with van der Waals surface area (Å²) in [5.74, 6) is 1.06. The lowest BCUT2D eigenvalue weighted by atomic mass is 10.2. The van der Waals surface area contributed by atoms with Gasteiger partial charge in [-0.2, -0.15) is 0 Å². The Morgan fingerprint density at radius 2 is 1.63 bits per heavy atom. The van der Waals surface area contributed by atoms with E-state index in [1.165, 1.54) is 17.8 Å². The van der Waals surface area contributed by atoms with Crippen molar-refractivity contribution in [2.75, 3.05) is 43.1 Å². The molecule has 1 aliphatic rings. The molecule has 0 atom stereocenters. The smallest absolute Gasteiger partial charge is 0.161 e. The standard InChI is InChI=1S/C22H22F2N4OS/c1-29-19-5-3-18(4-6-19)27-10-12-28(13-11-27)21-22(26-9-8-25-21)30-15-16-14-17(23)2-7-20(16)24/h2-9,14H,10-13,15H2,1H3. The molecular weight excluding hydrogens is 406 g/mol. The third-order valence-corrected chi connectivity index (χ3v) is 6.05.